The molecule has 0 spiro atoms. The highest BCUT2D eigenvalue weighted by Gasteiger charge is 2.46. The molecule has 0 aromatic heterocycles. The van der Waals surface area contributed by atoms with Crippen LogP contribution < -0.4 is 14.8 Å². The molecule has 1 fully saturated rings. The van der Waals surface area contributed by atoms with Crippen LogP contribution in [0.15, 0.2) is 23.8 Å². The number of nitrogens with zero attached hydrogens (tertiary/aromatic N) is 1. The first-order valence-corrected chi connectivity index (χ1v) is 12.8. The quantitative estimate of drug-likeness (QED) is 0.255. The van der Waals surface area contributed by atoms with E-state index in [0.29, 0.717) is 14.8 Å². The first-order valence-electron chi connectivity index (χ1n) is 11.7. The minimum atomic E-state index is -4.78. The Hall–Kier alpha value is -2.43. The number of ether oxygens (including phenoxy) is 3. The molecule has 210 valence electrons. The second-order valence-corrected chi connectivity index (χ2v) is 9.97. The third kappa shape index (κ3) is 7.36. The Balaban J connectivity index is 2.03. The second-order valence-electron chi connectivity index (χ2n) is 8.81. The zero-order chi connectivity index (χ0) is 28.0. The number of rotatable bonds is 10. The van der Waals surface area contributed by atoms with Crippen LogP contribution in [0.2, 0.25) is 0 Å². The van der Waals surface area contributed by atoms with Crippen molar-refractivity contribution in [2.75, 3.05) is 40.0 Å². The van der Waals surface area contributed by atoms with E-state index in [1.54, 1.807) is 0 Å². The third-order valence-corrected chi connectivity index (χ3v) is 6.97. The van der Waals surface area contributed by atoms with Crippen LogP contribution in [0.25, 0.3) is 0 Å². The van der Waals surface area contributed by atoms with Crippen LogP contribution in [-0.4, -0.2) is 97.7 Å². The fourth-order valence-corrected chi connectivity index (χ4v) is 5.11. The molecule has 4 unspecified atom stereocenters. The number of aldehydes is 1. The van der Waals surface area contributed by atoms with E-state index >= 15 is 0 Å². The van der Waals surface area contributed by atoms with Gasteiger partial charge in [-0.2, -0.15) is 13.2 Å². The molecule has 1 saturated heterocycles. The molecule has 2 aliphatic rings. The van der Waals surface area contributed by atoms with E-state index in [2.05, 4.69) is 5.32 Å². The van der Waals surface area contributed by atoms with Gasteiger partial charge in [0.15, 0.2) is 11.5 Å². The maximum absolute atomic E-state index is 13.6. The van der Waals surface area contributed by atoms with E-state index < -0.39 is 48.7 Å². The summed E-state index contributed by atoms with van der Waals surface area (Å²) in [6.07, 6.45) is -6.10. The van der Waals surface area contributed by atoms with Crippen molar-refractivity contribution in [3.63, 3.8) is 0 Å². The Labute approximate surface area is 230 Å². The number of carbonyl (C=O) groups excluding carboxylic acids is 3. The van der Waals surface area contributed by atoms with Crippen molar-refractivity contribution in [3.8, 4) is 11.5 Å². The Bertz CT molecular complexity index is 1060. The van der Waals surface area contributed by atoms with Crippen LogP contribution in [0.5, 0.6) is 11.5 Å². The van der Waals surface area contributed by atoms with Crippen LogP contribution in [-0.2, 0) is 14.3 Å². The summed E-state index contributed by atoms with van der Waals surface area (Å²) < 4.78 is 57.7. The van der Waals surface area contributed by atoms with Gasteiger partial charge in [0.05, 0.1) is 35.9 Å². The van der Waals surface area contributed by atoms with Crippen molar-refractivity contribution < 1.29 is 52.0 Å². The van der Waals surface area contributed by atoms with Crippen LogP contribution >= 0.6 is 22.6 Å². The molecule has 3 N–H and O–H groups in total. The average Bonchev–Trinajstić information content (AvgIpc) is 3.42. The van der Waals surface area contributed by atoms with E-state index in [-0.39, 0.29) is 61.8 Å². The summed E-state index contributed by atoms with van der Waals surface area (Å²) in [5, 5.41) is 22.8. The summed E-state index contributed by atoms with van der Waals surface area (Å²) in [6, 6.07) is 1.40. The lowest BCUT2D eigenvalue weighted by Crippen LogP contribution is -2.58. The Morgan fingerprint density at radius 2 is 2.08 bits per heavy atom. The predicted molar refractivity (Wildman–Crippen MR) is 135 cm³/mol. The van der Waals surface area contributed by atoms with E-state index in [1.807, 2.05) is 22.6 Å². The zero-order valence-corrected chi connectivity index (χ0v) is 22.5. The molecule has 1 aliphatic heterocycles. The normalized spacial score (nSPS) is 23.4. The molecule has 0 saturated carbocycles. The van der Waals surface area contributed by atoms with Crippen molar-refractivity contribution in [1.82, 2.24) is 10.2 Å². The predicted octanol–water partition coefficient (Wildman–Crippen LogP) is 1.46. The molecule has 1 aliphatic carbocycles. The fraction of sp³-hybridized carbons (Fsp3) is 0.542. The number of aliphatic hydroxyl groups is 2. The van der Waals surface area contributed by atoms with Gasteiger partial charge >= 0.3 is 6.18 Å². The lowest BCUT2D eigenvalue weighted by atomic mass is 9.87. The number of halogens is 4. The highest BCUT2D eigenvalue weighted by atomic mass is 127. The second kappa shape index (κ2) is 13.1. The van der Waals surface area contributed by atoms with Crippen LogP contribution in [0.4, 0.5) is 13.2 Å². The smallest absolute Gasteiger partial charge is 0.406 e. The molecule has 1 aromatic carbocycles. The summed E-state index contributed by atoms with van der Waals surface area (Å²) in [7, 11) is 1.32. The van der Waals surface area contributed by atoms with Gasteiger partial charge in [0, 0.05) is 30.7 Å². The fourth-order valence-electron chi connectivity index (χ4n) is 4.35. The monoisotopic (exact) mass is 656 g/mol. The Morgan fingerprint density at radius 3 is 2.66 bits per heavy atom. The maximum atomic E-state index is 13.6. The number of aliphatic hydroxyl groups excluding tert-OH is 2. The summed E-state index contributed by atoms with van der Waals surface area (Å²) in [4.78, 5) is 37.8. The number of benzene rings is 1. The molecule has 38 heavy (non-hydrogen) atoms. The van der Waals surface area contributed by atoms with Crippen molar-refractivity contribution in [2.24, 2.45) is 5.92 Å². The molecule has 3 rings (SSSR count). The molecule has 0 radical (unpaired) electrons. The van der Waals surface area contributed by atoms with E-state index in [0.717, 1.165) is 0 Å². The number of carbonyl (C=O) groups is 3. The summed E-state index contributed by atoms with van der Waals surface area (Å²) >= 11 is 1.87. The molecule has 1 aromatic rings. The Morgan fingerprint density at radius 1 is 1.34 bits per heavy atom. The van der Waals surface area contributed by atoms with Gasteiger partial charge in [-0.1, -0.05) is 0 Å². The van der Waals surface area contributed by atoms with Crippen molar-refractivity contribution in [1.29, 1.82) is 0 Å². The van der Waals surface area contributed by atoms with Crippen LogP contribution in [0, 0.1) is 9.49 Å². The number of hydrogen-bond acceptors (Lipinski definition) is 8. The number of hydrogen-bond donors (Lipinski definition) is 3. The molecule has 2 amide bonds. The summed E-state index contributed by atoms with van der Waals surface area (Å²) in [5.74, 6) is -2.14. The van der Waals surface area contributed by atoms with Gasteiger partial charge in [-0.25, -0.2) is 0 Å². The lowest BCUT2D eigenvalue weighted by molar-refractivity contribution is -0.175. The Kier molecular flexibility index (Phi) is 10.4. The van der Waals surface area contributed by atoms with Gasteiger partial charge in [0.1, 0.15) is 25.0 Å². The SMILES string of the molecule is COc1cc(C=O)cc(I)c1OC1C=C(C(=O)NCCO)CC(N(CC(F)(F)F)C(=O)C2CCOC2)C1O. The molecular weight excluding hydrogens is 628 g/mol. The molecule has 4 atom stereocenters. The minimum absolute atomic E-state index is 0.0279. The van der Waals surface area contributed by atoms with Gasteiger partial charge < -0.3 is 34.6 Å². The number of alkyl halides is 3. The van der Waals surface area contributed by atoms with Crippen molar-refractivity contribution >= 4 is 40.7 Å². The molecular formula is C24H28F3IN2O8. The van der Waals surface area contributed by atoms with Gasteiger partial charge in [-0.15, -0.1) is 0 Å². The van der Waals surface area contributed by atoms with Gasteiger partial charge in [-0.3, -0.25) is 14.4 Å². The first kappa shape index (κ1) is 30.1. The summed E-state index contributed by atoms with van der Waals surface area (Å²) in [5.41, 5.74) is 0.251. The molecule has 14 heteroatoms. The van der Waals surface area contributed by atoms with Crippen LogP contribution in [0.3, 0.4) is 0 Å². The van der Waals surface area contributed by atoms with Gasteiger partial charge in [0.25, 0.3) is 0 Å². The van der Waals surface area contributed by atoms with E-state index in [1.165, 1.54) is 25.3 Å². The highest BCUT2D eigenvalue weighted by Crippen LogP contribution is 2.37. The van der Waals surface area contributed by atoms with Gasteiger partial charge in [0.2, 0.25) is 11.8 Å². The minimum Gasteiger partial charge on any atom is -0.493 e. The highest BCUT2D eigenvalue weighted by molar-refractivity contribution is 14.1. The number of methoxy groups -OCH3 is 1. The van der Waals surface area contributed by atoms with Crippen molar-refractivity contribution in [2.45, 2.75) is 37.3 Å². The summed E-state index contributed by atoms with van der Waals surface area (Å²) in [6.45, 7) is -1.95. The first-order chi connectivity index (χ1) is 18.0. The van der Waals surface area contributed by atoms with Crippen molar-refractivity contribution in [3.05, 3.63) is 32.9 Å². The largest absolute Gasteiger partial charge is 0.493 e. The lowest BCUT2D eigenvalue weighted by Gasteiger charge is -2.41. The topological polar surface area (TPSA) is 135 Å². The standard InChI is InChI=1S/C24H28F3IN2O8/c1-36-19-7-13(10-32)6-16(28)21(19)38-18-9-15(22(34)29-3-4-31)8-17(20(18)33)30(12-24(25,26)27)23(35)14-2-5-37-11-14/h6-7,9-10,14,17-18,20,31,33H,2-5,8,11-12H2,1H3,(H,29,34). The number of amides is 2. The molecule has 0 bridgehead atoms. The average molecular weight is 656 g/mol. The molecule has 1 heterocycles. The van der Waals surface area contributed by atoms with Crippen LogP contribution in [0.1, 0.15) is 23.2 Å². The zero-order valence-electron chi connectivity index (χ0n) is 20.4. The maximum Gasteiger partial charge on any atom is 0.406 e. The van der Waals surface area contributed by atoms with E-state index in [9.17, 15) is 32.7 Å². The third-order valence-electron chi connectivity index (χ3n) is 6.17. The molecule has 10 nitrogen and oxygen atoms in total. The van der Waals surface area contributed by atoms with E-state index in [4.69, 9.17) is 19.3 Å². The number of nitrogens with one attached hydrogen (secondary N) is 1. The van der Waals surface area contributed by atoms with Gasteiger partial charge in [-0.05, 0) is 47.2 Å².